The number of nitrogens with zero attached hydrogens (tertiary/aromatic N) is 3. The Hall–Kier alpha value is -2.02. The van der Waals surface area contributed by atoms with E-state index in [1.165, 1.54) is 0 Å². The van der Waals surface area contributed by atoms with Crippen LogP contribution in [0.1, 0.15) is 5.56 Å². The van der Waals surface area contributed by atoms with E-state index in [1.807, 2.05) is 35.2 Å². The average Bonchev–Trinajstić information content (AvgIpc) is 2.90. The molecule has 2 aromatic carbocycles. The van der Waals surface area contributed by atoms with Crippen LogP contribution < -0.4 is 0 Å². The van der Waals surface area contributed by atoms with Crippen molar-refractivity contribution in [1.82, 2.24) is 9.80 Å². The summed E-state index contributed by atoms with van der Waals surface area (Å²) < 4.78 is 4.62. The van der Waals surface area contributed by atoms with Gasteiger partial charge in [0.1, 0.15) is 5.84 Å². The zero-order valence-electron chi connectivity index (χ0n) is 16.8. The van der Waals surface area contributed by atoms with E-state index in [0.29, 0.717) is 32.7 Å². The second-order valence-electron chi connectivity index (χ2n) is 7.42. The van der Waals surface area contributed by atoms with Crippen LogP contribution in [0.5, 0.6) is 0 Å². The van der Waals surface area contributed by atoms with Crippen LogP contribution >= 0.6 is 11.8 Å². The fourth-order valence-corrected chi connectivity index (χ4v) is 4.52. The average molecular weight is 448 g/mol. The van der Waals surface area contributed by atoms with E-state index >= 15 is 0 Å². The number of amidine groups is 1. The molecule has 0 saturated carbocycles. The molecule has 0 aliphatic carbocycles. The minimum absolute atomic E-state index is 0.204. The van der Waals surface area contributed by atoms with Crippen LogP contribution in [0.15, 0.2) is 63.3 Å². The summed E-state index contributed by atoms with van der Waals surface area (Å²) in [6.07, 6.45) is 0. The molecule has 4 rings (SSSR count). The summed E-state index contributed by atoms with van der Waals surface area (Å²) in [5.74, 6) is -6.29. The molecule has 0 aromatic heterocycles. The number of hydrogen-bond acceptors (Lipinski definition) is 10. The van der Waals surface area contributed by atoms with E-state index in [1.54, 1.807) is 11.8 Å². The Morgan fingerprint density at radius 2 is 1.52 bits per heavy atom. The van der Waals surface area contributed by atoms with Crippen LogP contribution in [0.2, 0.25) is 0 Å². The van der Waals surface area contributed by atoms with Gasteiger partial charge in [-0.3, -0.25) is 4.90 Å². The highest BCUT2D eigenvalue weighted by atomic mass is 32.2. The van der Waals surface area contributed by atoms with E-state index in [0.717, 1.165) is 26.9 Å². The first-order valence-corrected chi connectivity index (χ1v) is 10.7. The van der Waals surface area contributed by atoms with Gasteiger partial charge in [-0.2, -0.15) is 0 Å². The van der Waals surface area contributed by atoms with Gasteiger partial charge in [0.15, 0.2) is 0 Å². The molecule has 5 N–H and O–H groups in total. The van der Waals surface area contributed by atoms with Gasteiger partial charge in [-0.1, -0.05) is 42.1 Å². The molecule has 31 heavy (non-hydrogen) atoms. The van der Waals surface area contributed by atoms with Crippen LogP contribution in [-0.4, -0.2) is 92.4 Å². The van der Waals surface area contributed by atoms with Gasteiger partial charge in [0, 0.05) is 48.1 Å². The van der Waals surface area contributed by atoms with Crippen molar-refractivity contribution in [3.63, 3.8) is 0 Å². The van der Waals surface area contributed by atoms with Crippen molar-refractivity contribution in [3.8, 4) is 0 Å². The molecule has 1 saturated heterocycles. The van der Waals surface area contributed by atoms with Crippen LogP contribution in [0.25, 0.3) is 0 Å². The Bertz CT molecular complexity index is 954. The molecular formula is C21H25N3O6S. The van der Waals surface area contributed by atoms with Gasteiger partial charge < -0.3 is 35.2 Å². The lowest BCUT2D eigenvalue weighted by atomic mass is 10.1. The zero-order valence-corrected chi connectivity index (χ0v) is 17.6. The van der Waals surface area contributed by atoms with Crippen molar-refractivity contribution >= 4 is 23.3 Å². The lowest BCUT2D eigenvalue weighted by molar-refractivity contribution is -0.521. The molecule has 0 amide bonds. The third-order valence-electron chi connectivity index (χ3n) is 5.26. The third-order valence-corrected chi connectivity index (χ3v) is 6.40. The number of aliphatic hydroxyl groups is 5. The first kappa shape index (κ1) is 22.2. The molecule has 2 heterocycles. The number of para-hydroxylation sites is 1. The molecule has 166 valence electrons. The smallest absolute Gasteiger partial charge is 0.354 e. The Labute approximate surface area is 183 Å². The third kappa shape index (κ3) is 4.92. The molecule has 2 aliphatic heterocycles. The maximum atomic E-state index is 9.33. The van der Waals surface area contributed by atoms with Crippen molar-refractivity contribution in [2.24, 2.45) is 4.99 Å². The van der Waals surface area contributed by atoms with E-state index < -0.39 is 11.9 Å². The Kier molecular flexibility index (Phi) is 6.33. The maximum absolute atomic E-state index is 9.33. The molecule has 0 unspecified atom stereocenters. The quantitative estimate of drug-likeness (QED) is 0.406. The summed E-state index contributed by atoms with van der Waals surface area (Å²) in [4.78, 5) is 11.5. The molecular weight excluding hydrogens is 422 g/mol. The number of piperazine rings is 1. The number of benzene rings is 2. The monoisotopic (exact) mass is 447 g/mol. The van der Waals surface area contributed by atoms with Gasteiger partial charge in [0.05, 0.1) is 12.3 Å². The largest absolute Gasteiger partial charge is 0.364 e. The van der Waals surface area contributed by atoms with Gasteiger partial charge in [0.25, 0.3) is 0 Å². The molecule has 1 fully saturated rings. The summed E-state index contributed by atoms with van der Waals surface area (Å²) in [5, 5.41) is 45.3. The van der Waals surface area contributed by atoms with Gasteiger partial charge in [-0.05, 0) is 18.2 Å². The lowest BCUT2D eigenvalue weighted by Crippen LogP contribution is -2.57. The van der Waals surface area contributed by atoms with E-state index in [4.69, 9.17) is 20.3 Å². The summed E-state index contributed by atoms with van der Waals surface area (Å²) in [6.45, 7) is 2.93. The second kappa shape index (κ2) is 8.85. The zero-order chi connectivity index (χ0) is 22.1. The number of hydrogen-bond donors (Lipinski definition) is 5. The number of aliphatic imine (C=N–C) groups is 1. The summed E-state index contributed by atoms with van der Waals surface area (Å²) in [6, 6.07) is 16.3. The Morgan fingerprint density at radius 1 is 0.871 bits per heavy atom. The highest BCUT2D eigenvalue weighted by Crippen LogP contribution is 2.40. The van der Waals surface area contributed by atoms with Crippen molar-refractivity contribution in [2.75, 3.05) is 39.3 Å². The first-order valence-electron chi connectivity index (χ1n) is 9.93. The molecule has 2 aliphatic rings. The molecule has 9 nitrogen and oxygen atoms in total. The normalized spacial score (nSPS) is 17.6. The van der Waals surface area contributed by atoms with Crippen molar-refractivity contribution in [3.05, 3.63) is 54.1 Å². The van der Waals surface area contributed by atoms with Gasteiger partial charge in [0.2, 0.25) is 0 Å². The minimum atomic E-state index is -3.76. The summed E-state index contributed by atoms with van der Waals surface area (Å²) in [7, 11) is 0. The molecule has 0 bridgehead atoms. The Morgan fingerprint density at radius 3 is 2.23 bits per heavy atom. The highest BCUT2D eigenvalue weighted by Gasteiger charge is 2.48. The van der Waals surface area contributed by atoms with E-state index in [2.05, 4.69) is 27.8 Å². The first-order chi connectivity index (χ1) is 14.7. The summed E-state index contributed by atoms with van der Waals surface area (Å²) in [5.41, 5.74) is 2.04. The van der Waals surface area contributed by atoms with Crippen LogP contribution in [0.4, 0.5) is 5.69 Å². The number of rotatable bonds is 5. The fraction of sp³-hybridized carbons (Fsp3) is 0.381. The predicted octanol–water partition coefficient (Wildman–Crippen LogP) is 0.133. The predicted molar refractivity (Wildman–Crippen MR) is 114 cm³/mol. The van der Waals surface area contributed by atoms with Crippen LogP contribution in [0.3, 0.4) is 0 Å². The second-order valence-corrected chi connectivity index (χ2v) is 8.51. The molecule has 0 spiro atoms. The summed E-state index contributed by atoms with van der Waals surface area (Å²) >= 11 is 1.71. The van der Waals surface area contributed by atoms with Crippen molar-refractivity contribution in [1.29, 1.82) is 0 Å². The highest BCUT2D eigenvalue weighted by molar-refractivity contribution is 7.99. The fourth-order valence-electron chi connectivity index (χ4n) is 3.51. The van der Waals surface area contributed by atoms with Gasteiger partial charge >= 0.3 is 11.9 Å². The Balaban J connectivity index is 1.42. The number of ether oxygens (including phenoxy) is 1. The maximum Gasteiger partial charge on any atom is 0.364 e. The molecule has 0 atom stereocenters. The molecule has 0 radical (unpaired) electrons. The molecule has 10 heteroatoms. The van der Waals surface area contributed by atoms with Crippen molar-refractivity contribution < 1.29 is 30.3 Å². The van der Waals surface area contributed by atoms with E-state index in [9.17, 15) is 10.2 Å². The van der Waals surface area contributed by atoms with Crippen molar-refractivity contribution in [2.45, 2.75) is 21.7 Å². The molecule has 2 aromatic rings. The van der Waals surface area contributed by atoms with Gasteiger partial charge in [-0.25, -0.2) is 4.99 Å². The minimum Gasteiger partial charge on any atom is -0.354 e. The van der Waals surface area contributed by atoms with Crippen LogP contribution in [-0.2, 0) is 4.74 Å². The van der Waals surface area contributed by atoms with Crippen LogP contribution in [0, 0.1) is 0 Å². The SMILES string of the molecule is OC(O)(O)C(O)(O)OCCN1CCN(C2=Nc3ccccc3Sc3ccccc32)CC1. The van der Waals surface area contributed by atoms with E-state index in [-0.39, 0.29) is 6.61 Å². The number of fused-ring (bicyclic) bond motifs is 2. The standard InChI is InChI=1S/C21H25N3O6S/c25-20(26,27)21(28,29)30-14-13-23-9-11-24(12-10-23)19-15-5-1-3-7-17(15)31-18-8-4-2-6-16(18)22-19/h1-8,25-29H,9-14H2. The van der Waals surface area contributed by atoms with Gasteiger partial charge in [-0.15, -0.1) is 0 Å². The topological polar surface area (TPSA) is 129 Å². The lowest BCUT2D eigenvalue weighted by Gasteiger charge is -2.37.